The van der Waals surface area contributed by atoms with Crippen molar-refractivity contribution in [1.82, 2.24) is 14.8 Å². The number of aromatic nitrogens is 3. The van der Waals surface area contributed by atoms with Gasteiger partial charge in [0.1, 0.15) is 11.8 Å². The first-order valence-electron chi connectivity index (χ1n) is 10.2. The van der Waals surface area contributed by atoms with Gasteiger partial charge in [0, 0.05) is 18.2 Å². The van der Waals surface area contributed by atoms with E-state index in [1.165, 1.54) is 6.07 Å². The summed E-state index contributed by atoms with van der Waals surface area (Å²) >= 11 is 0. The highest BCUT2D eigenvalue weighted by molar-refractivity contribution is 6.05. The Kier molecular flexibility index (Phi) is 5.84. The van der Waals surface area contributed by atoms with E-state index in [4.69, 9.17) is 0 Å². The molecule has 0 aliphatic heterocycles. The summed E-state index contributed by atoms with van der Waals surface area (Å²) in [6.45, 7) is 0.167. The molecule has 2 N–H and O–H groups in total. The molecule has 1 amide bonds. The minimum Gasteiger partial charge on any atom is -0.396 e. The lowest BCUT2D eigenvalue weighted by atomic mass is 9.86. The Hall–Kier alpha value is -3.45. The SMILES string of the molecule is N#Cc1cc2c(cnn2C2CCC(CO)CC2)cc1NC(=O)c1ncccc1C(F)(F)F. The molecule has 10 heteroatoms. The fourth-order valence-electron chi connectivity index (χ4n) is 4.15. The van der Waals surface area contributed by atoms with Gasteiger partial charge in [-0.3, -0.25) is 14.5 Å². The first-order valence-corrected chi connectivity index (χ1v) is 10.2. The van der Waals surface area contributed by atoms with Gasteiger partial charge in [0.2, 0.25) is 0 Å². The number of amides is 1. The van der Waals surface area contributed by atoms with Crippen LogP contribution in [0.3, 0.4) is 0 Å². The molecule has 1 aliphatic carbocycles. The normalized spacial score (nSPS) is 19.0. The van der Waals surface area contributed by atoms with Crippen LogP contribution < -0.4 is 5.32 Å². The molecule has 1 fully saturated rings. The number of carbonyl (C=O) groups excluding carboxylic acids is 1. The summed E-state index contributed by atoms with van der Waals surface area (Å²) in [7, 11) is 0. The summed E-state index contributed by atoms with van der Waals surface area (Å²) in [5.74, 6) is -0.763. The number of carbonyl (C=O) groups is 1. The summed E-state index contributed by atoms with van der Waals surface area (Å²) in [6, 6.07) is 7.13. The second-order valence-electron chi connectivity index (χ2n) is 7.87. The van der Waals surface area contributed by atoms with Crippen molar-refractivity contribution < 1.29 is 23.1 Å². The molecule has 166 valence electrons. The number of pyridine rings is 1. The van der Waals surface area contributed by atoms with Gasteiger partial charge in [-0.25, -0.2) is 0 Å². The van der Waals surface area contributed by atoms with E-state index in [1.54, 1.807) is 12.3 Å². The van der Waals surface area contributed by atoms with Gasteiger partial charge >= 0.3 is 6.18 Å². The number of benzene rings is 1. The van der Waals surface area contributed by atoms with Crippen LogP contribution in [0.4, 0.5) is 18.9 Å². The summed E-state index contributed by atoms with van der Waals surface area (Å²) in [5, 5.41) is 26.4. The van der Waals surface area contributed by atoms with Crippen LogP contribution in [0.5, 0.6) is 0 Å². The van der Waals surface area contributed by atoms with Crippen LogP contribution in [-0.4, -0.2) is 32.4 Å². The van der Waals surface area contributed by atoms with E-state index in [0.29, 0.717) is 10.9 Å². The number of aliphatic hydroxyl groups is 1. The van der Waals surface area contributed by atoms with Crippen molar-refractivity contribution in [2.45, 2.75) is 37.9 Å². The summed E-state index contributed by atoms with van der Waals surface area (Å²) in [5.41, 5.74) is -1.00. The smallest absolute Gasteiger partial charge is 0.396 e. The molecule has 1 aliphatic rings. The van der Waals surface area contributed by atoms with E-state index in [-0.39, 0.29) is 29.8 Å². The zero-order chi connectivity index (χ0) is 22.9. The van der Waals surface area contributed by atoms with E-state index in [1.807, 2.05) is 10.8 Å². The Morgan fingerprint density at radius 2 is 2.03 bits per heavy atom. The van der Waals surface area contributed by atoms with Crippen LogP contribution >= 0.6 is 0 Å². The molecular formula is C22H20F3N5O2. The summed E-state index contributed by atoms with van der Waals surface area (Å²) in [6.07, 6.45) is 1.44. The topological polar surface area (TPSA) is 104 Å². The minimum absolute atomic E-state index is 0.0901. The minimum atomic E-state index is -4.74. The number of alkyl halides is 3. The van der Waals surface area contributed by atoms with E-state index >= 15 is 0 Å². The van der Waals surface area contributed by atoms with Crippen LogP contribution in [0.25, 0.3) is 10.9 Å². The average Bonchev–Trinajstić information content (AvgIpc) is 3.20. The molecule has 0 atom stereocenters. The zero-order valence-electron chi connectivity index (χ0n) is 16.9. The first-order chi connectivity index (χ1) is 15.3. The zero-order valence-corrected chi connectivity index (χ0v) is 16.9. The second-order valence-corrected chi connectivity index (χ2v) is 7.87. The van der Waals surface area contributed by atoms with Gasteiger partial charge in [-0.2, -0.15) is 23.5 Å². The van der Waals surface area contributed by atoms with Crippen LogP contribution in [0.15, 0.2) is 36.7 Å². The number of hydrogen-bond donors (Lipinski definition) is 2. The van der Waals surface area contributed by atoms with Crippen molar-refractivity contribution in [2.24, 2.45) is 5.92 Å². The molecule has 0 radical (unpaired) electrons. The van der Waals surface area contributed by atoms with Gasteiger partial charge in [-0.1, -0.05) is 0 Å². The van der Waals surface area contributed by atoms with Gasteiger partial charge in [-0.05, 0) is 55.9 Å². The van der Waals surface area contributed by atoms with Gasteiger partial charge < -0.3 is 10.4 Å². The fraction of sp³-hybridized carbons (Fsp3) is 0.364. The number of nitriles is 1. The molecule has 1 saturated carbocycles. The quantitative estimate of drug-likeness (QED) is 0.626. The molecule has 7 nitrogen and oxygen atoms in total. The standard InChI is InChI=1S/C22H20F3N5O2/c23-22(24,25)17-2-1-7-27-20(17)21(32)29-18-8-15-11-28-30(19(15)9-14(18)10-26)16-5-3-13(12-31)4-6-16/h1-2,7-9,11,13,16,31H,3-6,12H2,(H,29,32). The molecule has 0 bridgehead atoms. The molecular weight excluding hydrogens is 423 g/mol. The predicted molar refractivity (Wildman–Crippen MR) is 110 cm³/mol. The maximum absolute atomic E-state index is 13.2. The van der Waals surface area contributed by atoms with Crippen molar-refractivity contribution in [1.29, 1.82) is 5.26 Å². The third kappa shape index (κ3) is 4.16. The molecule has 3 aromatic rings. The Balaban J connectivity index is 1.64. The molecule has 32 heavy (non-hydrogen) atoms. The highest BCUT2D eigenvalue weighted by atomic mass is 19.4. The number of hydrogen-bond acceptors (Lipinski definition) is 5. The van der Waals surface area contributed by atoms with E-state index < -0.39 is 23.3 Å². The maximum atomic E-state index is 13.2. The summed E-state index contributed by atoms with van der Waals surface area (Å²) in [4.78, 5) is 16.2. The molecule has 4 rings (SSSR count). The van der Waals surface area contributed by atoms with Gasteiger partial charge in [0.05, 0.1) is 34.6 Å². The molecule has 0 saturated heterocycles. The number of rotatable bonds is 4. The second kappa shape index (κ2) is 8.59. The van der Waals surface area contributed by atoms with Crippen LogP contribution in [0, 0.1) is 17.2 Å². The Morgan fingerprint density at radius 3 is 2.69 bits per heavy atom. The maximum Gasteiger partial charge on any atom is 0.418 e. The Morgan fingerprint density at radius 1 is 1.28 bits per heavy atom. The Labute approximate surface area is 181 Å². The van der Waals surface area contributed by atoms with E-state index in [9.17, 15) is 28.3 Å². The fourth-order valence-corrected chi connectivity index (χ4v) is 4.15. The highest BCUT2D eigenvalue weighted by Crippen LogP contribution is 2.35. The van der Waals surface area contributed by atoms with Crippen molar-refractivity contribution in [2.75, 3.05) is 11.9 Å². The lowest BCUT2D eigenvalue weighted by Crippen LogP contribution is -2.21. The van der Waals surface area contributed by atoms with E-state index in [0.717, 1.165) is 44.0 Å². The van der Waals surface area contributed by atoms with Gasteiger partial charge in [-0.15, -0.1) is 0 Å². The lowest BCUT2D eigenvalue weighted by molar-refractivity contribution is -0.138. The molecule has 0 spiro atoms. The molecule has 1 aromatic carbocycles. The largest absolute Gasteiger partial charge is 0.418 e. The van der Waals surface area contributed by atoms with Crippen molar-refractivity contribution in [3.8, 4) is 6.07 Å². The Bertz CT molecular complexity index is 1190. The lowest BCUT2D eigenvalue weighted by Gasteiger charge is -2.28. The summed E-state index contributed by atoms with van der Waals surface area (Å²) < 4.78 is 41.5. The van der Waals surface area contributed by atoms with Crippen LogP contribution in [0.1, 0.15) is 53.3 Å². The van der Waals surface area contributed by atoms with Crippen LogP contribution in [-0.2, 0) is 6.18 Å². The average molecular weight is 443 g/mol. The van der Waals surface area contributed by atoms with Gasteiger partial charge in [0.15, 0.2) is 0 Å². The van der Waals surface area contributed by atoms with Crippen molar-refractivity contribution in [3.05, 3.63) is 53.5 Å². The van der Waals surface area contributed by atoms with E-state index in [2.05, 4.69) is 15.4 Å². The molecule has 2 heterocycles. The third-order valence-corrected chi connectivity index (χ3v) is 5.85. The van der Waals surface area contributed by atoms with Gasteiger partial charge in [0.25, 0.3) is 5.91 Å². The van der Waals surface area contributed by atoms with Crippen LogP contribution in [0.2, 0.25) is 0 Å². The first kappa shape index (κ1) is 21.8. The predicted octanol–water partition coefficient (Wildman–Crippen LogP) is 4.30. The van der Waals surface area contributed by atoms with Crippen molar-refractivity contribution in [3.63, 3.8) is 0 Å². The third-order valence-electron chi connectivity index (χ3n) is 5.85. The number of nitrogens with one attached hydrogen (secondary N) is 1. The number of anilines is 1. The van der Waals surface area contributed by atoms with Crippen molar-refractivity contribution >= 4 is 22.5 Å². The number of aliphatic hydroxyl groups excluding tert-OH is 1. The molecule has 0 unspecified atom stereocenters. The number of fused-ring (bicyclic) bond motifs is 1. The number of nitrogens with zero attached hydrogens (tertiary/aromatic N) is 4. The number of halogens is 3. The highest BCUT2D eigenvalue weighted by Gasteiger charge is 2.36. The monoisotopic (exact) mass is 443 g/mol. The molecule has 2 aromatic heterocycles.